The van der Waals surface area contributed by atoms with E-state index in [1.165, 1.54) is 57.8 Å². The lowest BCUT2D eigenvalue weighted by Gasteiger charge is -2.42. The first-order chi connectivity index (χ1) is 9.64. The molecule has 0 fully saturated rings. The molecule has 3 heteroatoms. The molecule has 0 aliphatic carbocycles. The standard InChI is InChI=1S/C17H32N2S/c1-4-6-8-10-14-17(3,13-9-7-5-2)19-16(18)12-11-15-20-19/h11-12,15H,4-10,13-14,18H2,1-3H3. The zero-order chi connectivity index (χ0) is 14.8. The van der Waals surface area contributed by atoms with Gasteiger partial charge in [-0.15, -0.1) is 0 Å². The van der Waals surface area contributed by atoms with Crippen LogP contribution in [0.1, 0.15) is 78.6 Å². The fourth-order valence-electron chi connectivity index (χ4n) is 2.82. The fourth-order valence-corrected chi connectivity index (χ4v) is 3.71. The highest BCUT2D eigenvalue weighted by atomic mass is 32.2. The minimum Gasteiger partial charge on any atom is -0.385 e. The molecule has 0 saturated heterocycles. The molecule has 0 aromatic carbocycles. The van der Waals surface area contributed by atoms with Crippen LogP contribution in [0.15, 0.2) is 23.4 Å². The molecule has 116 valence electrons. The van der Waals surface area contributed by atoms with E-state index < -0.39 is 0 Å². The lowest BCUT2D eigenvalue weighted by molar-refractivity contribution is 0.216. The molecule has 0 aromatic heterocycles. The van der Waals surface area contributed by atoms with Crippen molar-refractivity contribution in [3.8, 4) is 0 Å². The van der Waals surface area contributed by atoms with Gasteiger partial charge in [-0.2, -0.15) is 0 Å². The van der Waals surface area contributed by atoms with E-state index in [0.29, 0.717) is 0 Å². The number of unbranched alkanes of at least 4 members (excludes halogenated alkanes) is 5. The summed E-state index contributed by atoms with van der Waals surface area (Å²) in [5.41, 5.74) is 6.41. The largest absolute Gasteiger partial charge is 0.385 e. The van der Waals surface area contributed by atoms with Crippen LogP contribution in [0.25, 0.3) is 0 Å². The number of rotatable bonds is 10. The lowest BCUT2D eigenvalue weighted by atomic mass is 9.88. The average molecular weight is 297 g/mol. The van der Waals surface area contributed by atoms with E-state index in [1.807, 2.05) is 12.2 Å². The van der Waals surface area contributed by atoms with Crippen molar-refractivity contribution >= 4 is 11.9 Å². The smallest absolute Gasteiger partial charge is 0.109 e. The average Bonchev–Trinajstić information content (AvgIpc) is 2.44. The van der Waals surface area contributed by atoms with E-state index in [1.54, 1.807) is 11.9 Å². The van der Waals surface area contributed by atoms with Crippen LogP contribution in [0.5, 0.6) is 0 Å². The summed E-state index contributed by atoms with van der Waals surface area (Å²) >= 11 is 1.76. The summed E-state index contributed by atoms with van der Waals surface area (Å²) in [6, 6.07) is 0. The molecule has 1 heterocycles. The lowest BCUT2D eigenvalue weighted by Crippen LogP contribution is -2.43. The van der Waals surface area contributed by atoms with Gasteiger partial charge in [0.25, 0.3) is 0 Å². The van der Waals surface area contributed by atoms with Crippen LogP contribution in [-0.4, -0.2) is 9.84 Å². The summed E-state index contributed by atoms with van der Waals surface area (Å²) in [6.07, 6.45) is 15.8. The SMILES string of the molecule is CCCCCCC(C)(CCCCC)N1SC=CC=C1N. The van der Waals surface area contributed by atoms with Crippen LogP contribution in [0.3, 0.4) is 0 Å². The van der Waals surface area contributed by atoms with Crippen molar-refractivity contribution in [3.63, 3.8) is 0 Å². The van der Waals surface area contributed by atoms with Gasteiger partial charge >= 0.3 is 0 Å². The molecule has 0 aromatic rings. The maximum absolute atomic E-state index is 6.21. The highest BCUT2D eigenvalue weighted by Crippen LogP contribution is 2.37. The molecular formula is C17H32N2S. The molecule has 1 rings (SSSR count). The predicted molar refractivity (Wildman–Crippen MR) is 92.1 cm³/mol. The minimum absolute atomic E-state index is 0.193. The van der Waals surface area contributed by atoms with Gasteiger partial charge in [0.05, 0.1) is 5.54 Å². The molecule has 1 unspecified atom stereocenters. The van der Waals surface area contributed by atoms with E-state index >= 15 is 0 Å². The predicted octanol–water partition coefficient (Wildman–Crippen LogP) is 5.57. The van der Waals surface area contributed by atoms with E-state index in [-0.39, 0.29) is 5.54 Å². The fraction of sp³-hybridized carbons (Fsp3) is 0.765. The number of allylic oxidation sites excluding steroid dienone is 2. The Morgan fingerprint density at radius 3 is 2.25 bits per heavy atom. The van der Waals surface area contributed by atoms with Crippen molar-refractivity contribution in [1.29, 1.82) is 0 Å². The van der Waals surface area contributed by atoms with E-state index in [0.717, 1.165) is 5.82 Å². The molecule has 1 aliphatic rings. The highest BCUT2D eigenvalue weighted by Gasteiger charge is 2.32. The van der Waals surface area contributed by atoms with Gasteiger partial charge in [0, 0.05) is 0 Å². The molecule has 20 heavy (non-hydrogen) atoms. The van der Waals surface area contributed by atoms with E-state index in [2.05, 4.69) is 30.5 Å². The van der Waals surface area contributed by atoms with Crippen LogP contribution < -0.4 is 5.73 Å². The monoisotopic (exact) mass is 296 g/mol. The van der Waals surface area contributed by atoms with Crippen molar-refractivity contribution in [2.24, 2.45) is 5.73 Å². The van der Waals surface area contributed by atoms with Gasteiger partial charge in [0.1, 0.15) is 5.82 Å². The molecule has 0 saturated carbocycles. The second-order valence-corrected chi connectivity index (χ2v) is 6.93. The van der Waals surface area contributed by atoms with Gasteiger partial charge in [-0.05, 0) is 43.2 Å². The maximum atomic E-state index is 6.21. The normalized spacial score (nSPS) is 17.9. The Labute approximate surface area is 130 Å². The van der Waals surface area contributed by atoms with Gasteiger partial charge in [-0.3, -0.25) is 4.31 Å². The van der Waals surface area contributed by atoms with Gasteiger partial charge in [-0.1, -0.05) is 64.9 Å². The quantitative estimate of drug-likeness (QED) is 0.422. The third kappa shape index (κ3) is 5.43. The molecule has 0 amide bonds. The summed E-state index contributed by atoms with van der Waals surface area (Å²) < 4.78 is 2.34. The van der Waals surface area contributed by atoms with Crippen molar-refractivity contribution in [2.45, 2.75) is 84.1 Å². The molecule has 1 aliphatic heterocycles. The van der Waals surface area contributed by atoms with Gasteiger partial charge in [0.2, 0.25) is 0 Å². The van der Waals surface area contributed by atoms with E-state index in [9.17, 15) is 0 Å². The van der Waals surface area contributed by atoms with Crippen LogP contribution in [-0.2, 0) is 0 Å². The van der Waals surface area contributed by atoms with E-state index in [4.69, 9.17) is 5.73 Å². The Morgan fingerprint density at radius 2 is 1.65 bits per heavy atom. The first-order valence-electron chi connectivity index (χ1n) is 8.23. The maximum Gasteiger partial charge on any atom is 0.109 e. The highest BCUT2D eigenvalue weighted by molar-refractivity contribution is 8.00. The molecule has 2 nitrogen and oxygen atoms in total. The van der Waals surface area contributed by atoms with Crippen molar-refractivity contribution in [1.82, 2.24) is 4.31 Å². The minimum atomic E-state index is 0.193. The number of nitrogens with zero attached hydrogens (tertiary/aromatic N) is 1. The summed E-state index contributed by atoms with van der Waals surface area (Å²) in [7, 11) is 0. The molecule has 2 N–H and O–H groups in total. The Hall–Kier alpha value is -0.570. The second kappa shape index (κ2) is 9.38. The van der Waals surface area contributed by atoms with Crippen molar-refractivity contribution in [2.75, 3.05) is 0 Å². The third-order valence-electron chi connectivity index (χ3n) is 4.12. The molecule has 0 radical (unpaired) electrons. The Bertz CT molecular complexity index is 325. The van der Waals surface area contributed by atoms with Gasteiger partial charge < -0.3 is 5.73 Å². The summed E-state index contributed by atoms with van der Waals surface area (Å²) in [5, 5.41) is 2.14. The van der Waals surface area contributed by atoms with Crippen LogP contribution in [0.4, 0.5) is 0 Å². The molecule has 0 bridgehead atoms. The van der Waals surface area contributed by atoms with Crippen molar-refractivity contribution in [3.05, 3.63) is 23.4 Å². The van der Waals surface area contributed by atoms with Gasteiger partial charge in [0.15, 0.2) is 0 Å². The summed E-state index contributed by atoms with van der Waals surface area (Å²) in [5.74, 6) is 0.909. The zero-order valence-electron chi connectivity index (χ0n) is 13.5. The molecule has 0 spiro atoms. The van der Waals surface area contributed by atoms with Crippen LogP contribution >= 0.6 is 11.9 Å². The Kier molecular flexibility index (Phi) is 8.20. The topological polar surface area (TPSA) is 29.3 Å². The summed E-state index contributed by atoms with van der Waals surface area (Å²) in [6.45, 7) is 6.93. The molecular weight excluding hydrogens is 264 g/mol. The zero-order valence-corrected chi connectivity index (χ0v) is 14.3. The Balaban J connectivity index is 2.62. The first-order valence-corrected chi connectivity index (χ1v) is 9.07. The first kappa shape index (κ1) is 17.5. The van der Waals surface area contributed by atoms with Crippen LogP contribution in [0.2, 0.25) is 0 Å². The number of nitrogens with two attached hydrogens (primary N) is 1. The summed E-state index contributed by atoms with van der Waals surface area (Å²) in [4.78, 5) is 0. The molecule has 1 atom stereocenters. The second-order valence-electron chi connectivity index (χ2n) is 6.08. The number of hydrogen-bond donors (Lipinski definition) is 1. The van der Waals surface area contributed by atoms with Gasteiger partial charge in [-0.25, -0.2) is 0 Å². The Morgan fingerprint density at radius 1 is 1.05 bits per heavy atom. The van der Waals surface area contributed by atoms with Crippen LogP contribution in [0, 0.1) is 0 Å². The third-order valence-corrected chi connectivity index (χ3v) is 5.27. The van der Waals surface area contributed by atoms with Crippen molar-refractivity contribution < 1.29 is 0 Å². The number of hydrogen-bond acceptors (Lipinski definition) is 3.